The number of benzene rings is 3. The Labute approximate surface area is 227 Å². The zero-order valence-electron chi connectivity index (χ0n) is 18.9. The second kappa shape index (κ2) is 11.5. The van der Waals surface area contributed by atoms with Crippen molar-refractivity contribution in [3.63, 3.8) is 0 Å². The summed E-state index contributed by atoms with van der Waals surface area (Å²) in [4.78, 5) is 22.8. The summed E-state index contributed by atoms with van der Waals surface area (Å²) in [6.45, 7) is 2.70. The van der Waals surface area contributed by atoms with Crippen molar-refractivity contribution in [2.75, 3.05) is 6.61 Å². The third-order valence-corrected chi connectivity index (χ3v) is 6.34. The zero-order chi connectivity index (χ0) is 25.7. The van der Waals surface area contributed by atoms with Gasteiger partial charge in [-0.2, -0.15) is 5.10 Å². The van der Waals surface area contributed by atoms with Gasteiger partial charge in [-0.25, -0.2) is 5.43 Å². The Hall–Kier alpha value is -3.45. The van der Waals surface area contributed by atoms with Crippen LogP contribution in [-0.4, -0.2) is 23.7 Å². The lowest BCUT2D eigenvalue weighted by atomic mass is 10.2. The molecule has 0 aliphatic rings. The first kappa shape index (κ1) is 25.6. The maximum atomic E-state index is 12.5. The number of amides is 1. The van der Waals surface area contributed by atoms with E-state index in [1.165, 1.54) is 18.3 Å². The van der Waals surface area contributed by atoms with Crippen molar-refractivity contribution in [1.29, 1.82) is 0 Å². The van der Waals surface area contributed by atoms with E-state index in [0.29, 0.717) is 28.2 Å². The number of nitrogens with one attached hydrogen (secondary N) is 1. The molecule has 36 heavy (non-hydrogen) atoms. The van der Waals surface area contributed by atoms with E-state index in [2.05, 4.69) is 49.0 Å². The number of fused-ring (bicyclic) bond motifs is 1. The number of nitrogens with zero attached hydrogens (tertiary/aromatic N) is 2. The number of rotatable bonds is 9. The van der Waals surface area contributed by atoms with Crippen LogP contribution in [0.4, 0.5) is 5.69 Å². The lowest BCUT2D eigenvalue weighted by Crippen LogP contribution is -2.16. The van der Waals surface area contributed by atoms with Crippen molar-refractivity contribution >= 4 is 67.3 Å². The lowest BCUT2D eigenvalue weighted by Gasteiger charge is -2.11. The molecule has 0 radical (unpaired) electrons. The number of nitro benzene ring substituents is 1. The van der Waals surface area contributed by atoms with E-state index in [9.17, 15) is 14.9 Å². The number of carbonyl (C=O) groups excluding carboxylic acids is 1. The van der Waals surface area contributed by atoms with Crippen LogP contribution in [0.3, 0.4) is 0 Å². The van der Waals surface area contributed by atoms with E-state index in [-0.39, 0.29) is 18.1 Å². The predicted molar refractivity (Wildman–Crippen MR) is 147 cm³/mol. The molecule has 9 nitrogen and oxygen atoms in total. The number of ether oxygens (including phenoxy) is 2. The fourth-order valence-corrected chi connectivity index (χ4v) is 5.04. The molecule has 184 valence electrons. The number of furan rings is 1. The van der Waals surface area contributed by atoms with Crippen molar-refractivity contribution in [3.05, 3.63) is 95.7 Å². The molecule has 3 aromatic carbocycles. The highest BCUT2D eigenvalue weighted by molar-refractivity contribution is 14.1. The van der Waals surface area contributed by atoms with Gasteiger partial charge in [-0.3, -0.25) is 14.9 Å². The Morgan fingerprint density at radius 3 is 2.64 bits per heavy atom. The maximum Gasteiger partial charge on any atom is 0.307 e. The predicted octanol–water partition coefficient (Wildman–Crippen LogP) is 6.45. The van der Waals surface area contributed by atoms with Crippen molar-refractivity contribution in [2.45, 2.75) is 13.5 Å². The zero-order valence-corrected chi connectivity index (χ0v) is 22.6. The van der Waals surface area contributed by atoms with Crippen LogP contribution in [0.1, 0.15) is 28.6 Å². The first-order valence-corrected chi connectivity index (χ1v) is 12.6. The second-order valence-corrected chi connectivity index (χ2v) is 9.48. The van der Waals surface area contributed by atoms with E-state index in [1.54, 1.807) is 36.4 Å². The monoisotopic (exact) mass is 663 g/mol. The molecular formula is C25H19BrIN3O6. The van der Waals surface area contributed by atoms with Gasteiger partial charge in [-0.1, -0.05) is 0 Å². The fraction of sp³-hybridized carbons (Fsp3) is 0.120. The van der Waals surface area contributed by atoms with Gasteiger partial charge in [0, 0.05) is 17.5 Å². The quantitative estimate of drug-likeness (QED) is 0.0952. The van der Waals surface area contributed by atoms with Gasteiger partial charge in [0.1, 0.15) is 23.7 Å². The van der Waals surface area contributed by atoms with Crippen molar-refractivity contribution in [1.82, 2.24) is 5.43 Å². The van der Waals surface area contributed by atoms with E-state index in [0.717, 1.165) is 20.1 Å². The highest BCUT2D eigenvalue weighted by atomic mass is 127. The molecule has 11 heteroatoms. The Balaban J connectivity index is 1.38. The van der Waals surface area contributed by atoms with Crippen LogP contribution in [0.15, 0.2) is 74.7 Å². The molecule has 0 fully saturated rings. The third-order valence-electron chi connectivity index (χ3n) is 4.95. The van der Waals surface area contributed by atoms with Crippen LogP contribution in [0.2, 0.25) is 0 Å². The van der Waals surface area contributed by atoms with Crippen LogP contribution in [0.5, 0.6) is 11.5 Å². The fourth-order valence-electron chi connectivity index (χ4n) is 3.27. The second-order valence-electron chi connectivity index (χ2n) is 7.47. The number of carbonyl (C=O) groups is 1. The molecule has 4 rings (SSSR count). The smallest absolute Gasteiger partial charge is 0.307 e. The minimum Gasteiger partial charge on any atom is -0.494 e. The molecule has 0 aliphatic carbocycles. The molecule has 0 spiro atoms. The van der Waals surface area contributed by atoms with Gasteiger partial charge in [0.15, 0.2) is 5.76 Å². The van der Waals surface area contributed by atoms with E-state index in [4.69, 9.17) is 13.9 Å². The van der Waals surface area contributed by atoms with Crippen LogP contribution in [0, 0.1) is 13.7 Å². The van der Waals surface area contributed by atoms with Crippen molar-refractivity contribution in [2.24, 2.45) is 5.10 Å². The van der Waals surface area contributed by atoms with Gasteiger partial charge in [0.2, 0.25) is 0 Å². The summed E-state index contributed by atoms with van der Waals surface area (Å²) in [5.74, 6) is 0.999. The summed E-state index contributed by atoms with van der Waals surface area (Å²) < 4.78 is 18.5. The van der Waals surface area contributed by atoms with Crippen LogP contribution < -0.4 is 14.9 Å². The molecule has 0 aliphatic heterocycles. The Bertz CT molecular complexity index is 1430. The number of non-ortho nitro benzene ring substituents is 1. The van der Waals surface area contributed by atoms with Crippen LogP contribution in [0.25, 0.3) is 11.0 Å². The van der Waals surface area contributed by atoms with Gasteiger partial charge in [0.05, 0.1) is 25.8 Å². The molecule has 1 aromatic heterocycles. The number of hydrazone groups is 1. The standard InChI is InChI=1S/C25H19BrIN3O6/c1-2-34-19-7-8-22-17(11-19)12-23(36-22)25(31)29-28-13-16-9-20(26)24(21(27)10-16)35-14-15-3-5-18(6-4-15)30(32)33/h3-13H,2,14H2,1H3,(H,29,31)/b28-13+. The van der Waals surface area contributed by atoms with Crippen molar-refractivity contribution < 1.29 is 23.6 Å². The largest absolute Gasteiger partial charge is 0.494 e. The minimum atomic E-state index is -0.475. The van der Waals surface area contributed by atoms with Crippen LogP contribution in [-0.2, 0) is 6.61 Å². The minimum absolute atomic E-state index is 0.0290. The van der Waals surface area contributed by atoms with Crippen LogP contribution >= 0.6 is 38.5 Å². The molecule has 1 heterocycles. The Morgan fingerprint density at radius 1 is 1.17 bits per heavy atom. The van der Waals surface area contributed by atoms with Gasteiger partial charge < -0.3 is 13.9 Å². The third kappa shape index (κ3) is 6.21. The summed E-state index contributed by atoms with van der Waals surface area (Å²) in [5.41, 5.74) is 4.62. The molecule has 1 N–H and O–H groups in total. The van der Waals surface area contributed by atoms with E-state index < -0.39 is 10.8 Å². The number of hydrogen-bond donors (Lipinski definition) is 1. The van der Waals surface area contributed by atoms with E-state index in [1.807, 2.05) is 19.1 Å². The molecule has 0 atom stereocenters. The van der Waals surface area contributed by atoms with Gasteiger partial charge >= 0.3 is 5.91 Å². The topological polar surface area (TPSA) is 116 Å². The van der Waals surface area contributed by atoms with E-state index >= 15 is 0 Å². The SMILES string of the molecule is CCOc1ccc2oc(C(=O)N/N=C/c3cc(Br)c(OCc4ccc([N+](=O)[O-])cc4)c(I)c3)cc2c1. The van der Waals surface area contributed by atoms with Crippen molar-refractivity contribution in [3.8, 4) is 11.5 Å². The number of halogens is 2. The van der Waals surface area contributed by atoms with Gasteiger partial charge in [0.25, 0.3) is 5.69 Å². The molecule has 0 unspecified atom stereocenters. The Kier molecular flexibility index (Phi) is 8.21. The highest BCUT2D eigenvalue weighted by Crippen LogP contribution is 2.32. The molecule has 4 aromatic rings. The first-order valence-electron chi connectivity index (χ1n) is 10.7. The average Bonchev–Trinajstić information content (AvgIpc) is 3.28. The summed E-state index contributed by atoms with van der Waals surface area (Å²) >= 11 is 5.64. The Morgan fingerprint density at radius 2 is 1.94 bits per heavy atom. The molecule has 0 bridgehead atoms. The normalized spacial score (nSPS) is 11.1. The molecule has 1 amide bonds. The number of hydrogen-bond acceptors (Lipinski definition) is 7. The molecule has 0 saturated carbocycles. The molecule has 0 saturated heterocycles. The summed E-state index contributed by atoms with van der Waals surface area (Å²) in [6, 6.07) is 16.8. The lowest BCUT2D eigenvalue weighted by molar-refractivity contribution is -0.384. The average molecular weight is 664 g/mol. The molecular weight excluding hydrogens is 645 g/mol. The maximum absolute atomic E-state index is 12.5. The van der Waals surface area contributed by atoms with Gasteiger partial charge in [-0.15, -0.1) is 0 Å². The summed E-state index contributed by atoms with van der Waals surface area (Å²) in [6.07, 6.45) is 1.51. The van der Waals surface area contributed by atoms with Gasteiger partial charge in [-0.05, 0) is 105 Å². The first-order chi connectivity index (χ1) is 17.3. The summed E-state index contributed by atoms with van der Waals surface area (Å²) in [5, 5.41) is 15.6. The number of nitro groups is 1. The summed E-state index contributed by atoms with van der Waals surface area (Å²) in [7, 11) is 0. The highest BCUT2D eigenvalue weighted by Gasteiger charge is 2.13.